The first-order valence-electron chi connectivity index (χ1n) is 11.2. The molecule has 0 aromatic heterocycles. The van der Waals surface area contributed by atoms with Gasteiger partial charge in [0.2, 0.25) is 0 Å². The zero-order valence-electron chi connectivity index (χ0n) is 20.5. The maximum atomic E-state index is 13.1. The number of sulfone groups is 1. The lowest BCUT2D eigenvalue weighted by atomic mass is 10.1. The second-order valence-electron chi connectivity index (χ2n) is 9.31. The van der Waals surface area contributed by atoms with Crippen LogP contribution in [0, 0.1) is 0 Å². The predicted molar refractivity (Wildman–Crippen MR) is 136 cm³/mol. The van der Waals surface area contributed by atoms with Gasteiger partial charge in [-0.15, -0.1) is 0 Å². The summed E-state index contributed by atoms with van der Waals surface area (Å²) in [6.45, 7) is 5.41. The van der Waals surface area contributed by atoms with Crippen LogP contribution < -0.4 is 5.32 Å². The molecule has 0 aliphatic carbocycles. The van der Waals surface area contributed by atoms with Crippen molar-refractivity contribution >= 4 is 33.6 Å². The van der Waals surface area contributed by atoms with Crippen molar-refractivity contribution in [2.45, 2.75) is 52.0 Å². The molecule has 0 radical (unpaired) electrons. The van der Waals surface area contributed by atoms with Gasteiger partial charge in [0.15, 0.2) is 0 Å². The smallest absolute Gasteiger partial charge is 0.410 e. The number of carbonyl (C=O) groups is 2. The first kappa shape index (κ1) is 28.5. The zero-order valence-corrected chi connectivity index (χ0v) is 22.1. The largest absolute Gasteiger partial charge is 0.445 e. The molecule has 1 atom stereocenters. The lowest BCUT2D eigenvalue weighted by Crippen LogP contribution is -2.47. The molecule has 0 aliphatic heterocycles. The van der Waals surface area contributed by atoms with Gasteiger partial charge in [-0.3, -0.25) is 0 Å². The maximum absolute atomic E-state index is 13.1. The van der Waals surface area contributed by atoms with E-state index in [0.717, 1.165) is 17.4 Å². The number of amides is 2. The fourth-order valence-corrected chi connectivity index (χ4v) is 4.10. The molecule has 35 heavy (non-hydrogen) atoms. The van der Waals surface area contributed by atoms with Gasteiger partial charge in [-0.1, -0.05) is 54.1 Å². The summed E-state index contributed by atoms with van der Waals surface area (Å²) in [4.78, 5) is 26.9. The summed E-state index contributed by atoms with van der Waals surface area (Å²) in [6, 6.07) is 15.6. The Hall–Kier alpha value is -2.78. The second kappa shape index (κ2) is 12.8. The highest BCUT2D eigenvalue weighted by Crippen LogP contribution is 2.16. The van der Waals surface area contributed by atoms with Gasteiger partial charge >= 0.3 is 12.2 Å². The minimum absolute atomic E-state index is 0.00883. The summed E-state index contributed by atoms with van der Waals surface area (Å²) in [5.74, 6) is -0.169. The number of alkyl carbamates (subject to hydrolysis) is 1. The Morgan fingerprint density at radius 3 is 2.31 bits per heavy atom. The van der Waals surface area contributed by atoms with Crippen LogP contribution in [0.3, 0.4) is 0 Å². The number of rotatable bonds is 10. The van der Waals surface area contributed by atoms with Crippen LogP contribution in [0.1, 0.15) is 38.3 Å². The van der Waals surface area contributed by atoms with E-state index in [-0.39, 0.29) is 31.9 Å². The van der Waals surface area contributed by atoms with Crippen molar-refractivity contribution in [3.63, 3.8) is 0 Å². The van der Waals surface area contributed by atoms with Crippen molar-refractivity contribution in [2.75, 3.05) is 18.6 Å². The van der Waals surface area contributed by atoms with E-state index < -0.39 is 33.7 Å². The van der Waals surface area contributed by atoms with Crippen LogP contribution >= 0.6 is 11.6 Å². The monoisotopic (exact) mass is 524 g/mol. The molecular formula is C25H33ClN2O6S. The minimum Gasteiger partial charge on any atom is -0.445 e. The number of nitrogens with zero attached hydrogens (tertiary/aromatic N) is 1. The lowest BCUT2D eigenvalue weighted by Gasteiger charge is -2.29. The highest BCUT2D eigenvalue weighted by Gasteiger charge is 2.25. The quantitative estimate of drug-likeness (QED) is 0.478. The van der Waals surface area contributed by atoms with E-state index >= 15 is 0 Å². The van der Waals surface area contributed by atoms with Crippen LogP contribution in [0.2, 0.25) is 5.02 Å². The molecule has 2 rings (SSSR count). The topological polar surface area (TPSA) is 102 Å². The number of halogens is 1. The number of nitrogens with one attached hydrogen (secondary N) is 1. The Bertz CT molecular complexity index is 1090. The summed E-state index contributed by atoms with van der Waals surface area (Å²) >= 11 is 6.11. The molecule has 10 heteroatoms. The summed E-state index contributed by atoms with van der Waals surface area (Å²) in [7, 11) is -3.30. The Balaban J connectivity index is 2.22. The van der Waals surface area contributed by atoms with Gasteiger partial charge in [-0.05, 0) is 50.5 Å². The molecule has 2 aromatic carbocycles. The van der Waals surface area contributed by atoms with Crippen LogP contribution in [0.25, 0.3) is 0 Å². The van der Waals surface area contributed by atoms with E-state index in [1.54, 1.807) is 39.0 Å². The molecule has 1 N–H and O–H groups in total. The predicted octanol–water partition coefficient (Wildman–Crippen LogP) is 4.81. The SMILES string of the molecule is CC(C)(C)OC(=O)NC(CCS(C)(=O)=O)CN(Cc1cccc(Cl)c1)C(=O)OCc1ccccc1. The minimum atomic E-state index is -3.30. The van der Waals surface area contributed by atoms with Gasteiger partial charge in [0.25, 0.3) is 0 Å². The Kier molecular flexibility index (Phi) is 10.4. The molecule has 192 valence electrons. The average Bonchev–Trinajstić information content (AvgIpc) is 2.74. The Morgan fingerprint density at radius 2 is 1.71 bits per heavy atom. The molecule has 0 bridgehead atoms. The van der Waals surface area contributed by atoms with Gasteiger partial charge in [-0.25, -0.2) is 18.0 Å². The van der Waals surface area contributed by atoms with E-state index in [9.17, 15) is 18.0 Å². The Morgan fingerprint density at radius 1 is 1.06 bits per heavy atom. The number of carbonyl (C=O) groups excluding carboxylic acids is 2. The fraction of sp³-hybridized carbons (Fsp3) is 0.440. The highest BCUT2D eigenvalue weighted by atomic mass is 35.5. The van der Waals surface area contributed by atoms with Crippen molar-refractivity contribution in [2.24, 2.45) is 0 Å². The third-order valence-electron chi connectivity index (χ3n) is 4.72. The van der Waals surface area contributed by atoms with Gasteiger partial charge in [-0.2, -0.15) is 0 Å². The number of benzene rings is 2. The van der Waals surface area contributed by atoms with E-state index in [1.807, 2.05) is 36.4 Å². The summed E-state index contributed by atoms with van der Waals surface area (Å²) in [6.07, 6.45) is -0.0913. The van der Waals surface area contributed by atoms with E-state index in [2.05, 4.69) is 5.32 Å². The summed E-state index contributed by atoms with van der Waals surface area (Å²) in [5, 5.41) is 3.22. The molecule has 1 unspecified atom stereocenters. The summed E-state index contributed by atoms with van der Waals surface area (Å²) < 4.78 is 34.4. The maximum Gasteiger partial charge on any atom is 0.410 e. The van der Waals surface area contributed by atoms with E-state index in [0.29, 0.717) is 5.02 Å². The van der Waals surface area contributed by atoms with E-state index in [4.69, 9.17) is 21.1 Å². The van der Waals surface area contributed by atoms with Crippen molar-refractivity contribution in [1.82, 2.24) is 10.2 Å². The number of hydrogen-bond donors (Lipinski definition) is 1. The van der Waals surface area contributed by atoms with Crippen molar-refractivity contribution in [3.05, 3.63) is 70.7 Å². The molecule has 2 amide bonds. The van der Waals surface area contributed by atoms with Gasteiger partial charge in [0, 0.05) is 24.4 Å². The Labute approximate surface area is 212 Å². The van der Waals surface area contributed by atoms with Crippen LogP contribution in [-0.4, -0.2) is 55.7 Å². The van der Waals surface area contributed by atoms with Crippen LogP contribution in [-0.2, 0) is 32.5 Å². The third-order valence-corrected chi connectivity index (χ3v) is 5.94. The zero-order chi connectivity index (χ0) is 26.1. The fourth-order valence-electron chi connectivity index (χ4n) is 3.18. The molecular weight excluding hydrogens is 492 g/mol. The van der Waals surface area contributed by atoms with Crippen LogP contribution in [0.5, 0.6) is 0 Å². The molecule has 0 spiro atoms. The normalized spacial score (nSPS) is 12.5. The molecule has 8 nitrogen and oxygen atoms in total. The molecule has 0 fully saturated rings. The van der Waals surface area contributed by atoms with Gasteiger partial charge in [0.1, 0.15) is 22.0 Å². The molecule has 0 aliphatic rings. The van der Waals surface area contributed by atoms with Crippen LogP contribution in [0.4, 0.5) is 9.59 Å². The number of hydrogen-bond acceptors (Lipinski definition) is 6. The van der Waals surface area contributed by atoms with E-state index in [1.165, 1.54) is 4.90 Å². The summed E-state index contributed by atoms with van der Waals surface area (Å²) in [5.41, 5.74) is 0.845. The second-order valence-corrected chi connectivity index (χ2v) is 12.0. The molecule has 0 saturated heterocycles. The van der Waals surface area contributed by atoms with Crippen molar-refractivity contribution in [3.8, 4) is 0 Å². The van der Waals surface area contributed by atoms with Gasteiger partial charge in [0.05, 0.1) is 11.8 Å². The molecule has 2 aromatic rings. The first-order valence-corrected chi connectivity index (χ1v) is 13.6. The average molecular weight is 525 g/mol. The van der Waals surface area contributed by atoms with Gasteiger partial charge < -0.3 is 19.7 Å². The number of ether oxygens (including phenoxy) is 2. The molecule has 0 heterocycles. The third kappa shape index (κ3) is 12.0. The van der Waals surface area contributed by atoms with Crippen molar-refractivity contribution < 1.29 is 27.5 Å². The highest BCUT2D eigenvalue weighted by molar-refractivity contribution is 7.90. The molecule has 0 saturated carbocycles. The van der Waals surface area contributed by atoms with Crippen LogP contribution in [0.15, 0.2) is 54.6 Å². The standard InChI is InChI=1S/C25H33ClN2O6S/c1-25(2,3)34-23(29)27-22(13-14-35(4,31)32)17-28(16-20-11-8-12-21(26)15-20)24(30)33-18-19-9-6-5-7-10-19/h5-12,15,22H,13-14,16-18H2,1-4H3,(H,27,29). The lowest BCUT2D eigenvalue weighted by molar-refractivity contribution is 0.0475. The van der Waals surface area contributed by atoms with Crippen molar-refractivity contribution in [1.29, 1.82) is 0 Å². The first-order chi connectivity index (χ1) is 16.3.